The predicted molar refractivity (Wildman–Crippen MR) is 66.5 cm³/mol. The van der Waals surface area contributed by atoms with Crippen LogP contribution in [0.3, 0.4) is 0 Å². The fourth-order valence-electron chi connectivity index (χ4n) is 2.39. The summed E-state index contributed by atoms with van der Waals surface area (Å²) in [4.78, 5) is 11.2. The third-order valence-electron chi connectivity index (χ3n) is 3.14. The van der Waals surface area contributed by atoms with E-state index in [1.807, 2.05) is 36.4 Å². The molecule has 17 heavy (non-hydrogen) atoms. The molecule has 0 bridgehead atoms. The van der Waals surface area contributed by atoms with E-state index in [-0.39, 0.29) is 0 Å². The molecule has 3 heteroatoms. The molecule has 1 heterocycles. The summed E-state index contributed by atoms with van der Waals surface area (Å²) < 4.78 is 0. The van der Waals surface area contributed by atoms with Crippen molar-refractivity contribution in [3.8, 4) is 0 Å². The number of carboxylic acid groups (broad SMARTS) is 1. The molecule has 1 aliphatic rings. The molecule has 2 aromatic rings. The molecular formula is C14H11NO2. The van der Waals surface area contributed by atoms with Crippen molar-refractivity contribution in [2.24, 2.45) is 0 Å². The van der Waals surface area contributed by atoms with E-state index < -0.39 is 12.0 Å². The van der Waals surface area contributed by atoms with Gasteiger partial charge in [-0.15, -0.1) is 0 Å². The highest BCUT2D eigenvalue weighted by atomic mass is 16.4. The fraction of sp³-hybridized carbons (Fsp3) is 0.0714. The number of nitrogens with one attached hydrogen (secondary N) is 1. The zero-order valence-electron chi connectivity index (χ0n) is 9.10. The van der Waals surface area contributed by atoms with Gasteiger partial charge in [0.1, 0.15) is 0 Å². The van der Waals surface area contributed by atoms with Crippen LogP contribution in [-0.2, 0) is 4.79 Å². The number of carbonyl (C=O) groups is 1. The van der Waals surface area contributed by atoms with E-state index in [2.05, 4.69) is 11.9 Å². The summed E-state index contributed by atoms with van der Waals surface area (Å²) in [6.45, 7) is 3.90. The Balaban J connectivity index is 2.42. The van der Waals surface area contributed by atoms with E-state index in [4.69, 9.17) is 0 Å². The fourth-order valence-corrected chi connectivity index (χ4v) is 2.39. The Bertz CT molecular complexity index is 640. The Hall–Kier alpha value is -2.29. The quantitative estimate of drug-likeness (QED) is 0.784. The summed E-state index contributed by atoms with van der Waals surface area (Å²) in [5.41, 5.74) is 2.45. The predicted octanol–water partition coefficient (Wildman–Crippen LogP) is 2.54. The number of benzene rings is 2. The maximum absolute atomic E-state index is 11.2. The van der Waals surface area contributed by atoms with Crippen molar-refractivity contribution in [2.75, 3.05) is 0 Å². The molecule has 1 unspecified atom stereocenters. The molecule has 3 nitrogen and oxygen atoms in total. The molecule has 2 N–H and O–H groups in total. The third-order valence-corrected chi connectivity index (χ3v) is 3.14. The largest absolute Gasteiger partial charge is 0.479 e. The maximum Gasteiger partial charge on any atom is 0.330 e. The van der Waals surface area contributed by atoms with Crippen molar-refractivity contribution in [3.05, 3.63) is 54.1 Å². The minimum Gasteiger partial charge on any atom is -0.479 e. The van der Waals surface area contributed by atoms with E-state index in [1.54, 1.807) is 0 Å². The van der Waals surface area contributed by atoms with Crippen LogP contribution < -0.4 is 5.32 Å². The molecule has 84 valence electrons. The first-order valence-corrected chi connectivity index (χ1v) is 5.39. The lowest BCUT2D eigenvalue weighted by atomic mass is 9.90. The Kier molecular flexibility index (Phi) is 1.95. The molecular weight excluding hydrogens is 214 g/mol. The lowest BCUT2D eigenvalue weighted by Crippen LogP contribution is -2.30. The molecule has 0 radical (unpaired) electrons. The van der Waals surface area contributed by atoms with Crippen molar-refractivity contribution in [1.29, 1.82) is 0 Å². The van der Waals surface area contributed by atoms with Gasteiger partial charge in [0.2, 0.25) is 0 Å². The van der Waals surface area contributed by atoms with Crippen molar-refractivity contribution in [3.63, 3.8) is 0 Å². The van der Waals surface area contributed by atoms with Crippen LogP contribution in [-0.4, -0.2) is 11.1 Å². The average Bonchev–Trinajstić information content (AvgIpc) is 2.33. The van der Waals surface area contributed by atoms with Crippen LogP contribution in [0.4, 0.5) is 0 Å². The SMILES string of the molecule is C=C1NC(C(=O)O)c2cccc3cccc1c23. The standard InChI is InChI=1S/C14H11NO2/c1-8-10-6-2-4-9-5-3-7-11(12(9)10)13(15-8)14(16)17/h2-7,13,15H,1H2,(H,16,17). The first-order valence-electron chi connectivity index (χ1n) is 5.39. The van der Waals surface area contributed by atoms with Gasteiger partial charge in [0.15, 0.2) is 6.04 Å². The van der Waals surface area contributed by atoms with Gasteiger partial charge in [-0.2, -0.15) is 0 Å². The topological polar surface area (TPSA) is 49.3 Å². The first kappa shape index (κ1) is 9.90. The molecule has 0 aliphatic carbocycles. The van der Waals surface area contributed by atoms with Gasteiger partial charge in [0, 0.05) is 11.3 Å². The Morgan fingerprint density at radius 3 is 2.65 bits per heavy atom. The number of carboxylic acids is 1. The van der Waals surface area contributed by atoms with E-state index in [9.17, 15) is 9.90 Å². The monoisotopic (exact) mass is 225 g/mol. The molecule has 2 aromatic carbocycles. The van der Waals surface area contributed by atoms with Gasteiger partial charge in [-0.05, 0) is 16.3 Å². The maximum atomic E-state index is 11.2. The first-order chi connectivity index (χ1) is 8.18. The zero-order chi connectivity index (χ0) is 12.0. The summed E-state index contributed by atoms with van der Waals surface area (Å²) in [5.74, 6) is -0.881. The van der Waals surface area contributed by atoms with Gasteiger partial charge < -0.3 is 10.4 Å². The molecule has 0 fully saturated rings. The Morgan fingerprint density at radius 1 is 1.24 bits per heavy atom. The van der Waals surface area contributed by atoms with Crippen molar-refractivity contribution < 1.29 is 9.90 Å². The second-order valence-corrected chi connectivity index (χ2v) is 4.15. The number of hydrogen-bond donors (Lipinski definition) is 2. The van der Waals surface area contributed by atoms with Gasteiger partial charge in [0.25, 0.3) is 0 Å². The second-order valence-electron chi connectivity index (χ2n) is 4.15. The summed E-state index contributed by atoms with van der Waals surface area (Å²) in [6.07, 6.45) is 0. The van der Waals surface area contributed by atoms with Crippen molar-refractivity contribution in [1.82, 2.24) is 5.32 Å². The Labute approximate surface area is 98.4 Å². The highest BCUT2D eigenvalue weighted by Crippen LogP contribution is 2.35. The van der Waals surface area contributed by atoms with Crippen LogP contribution >= 0.6 is 0 Å². The van der Waals surface area contributed by atoms with Crippen LogP contribution in [0.25, 0.3) is 16.5 Å². The second kappa shape index (κ2) is 3.35. The summed E-state index contributed by atoms with van der Waals surface area (Å²) in [6, 6.07) is 10.9. The summed E-state index contributed by atoms with van der Waals surface area (Å²) in [5, 5.41) is 14.2. The number of aliphatic carboxylic acids is 1. The minimum atomic E-state index is -0.881. The summed E-state index contributed by atoms with van der Waals surface area (Å²) >= 11 is 0. The van der Waals surface area contributed by atoms with E-state index in [0.29, 0.717) is 5.70 Å². The van der Waals surface area contributed by atoms with E-state index in [0.717, 1.165) is 21.9 Å². The highest BCUT2D eigenvalue weighted by Gasteiger charge is 2.27. The van der Waals surface area contributed by atoms with Crippen molar-refractivity contribution in [2.45, 2.75) is 6.04 Å². The van der Waals surface area contributed by atoms with Crippen molar-refractivity contribution >= 4 is 22.4 Å². The smallest absolute Gasteiger partial charge is 0.330 e. The third kappa shape index (κ3) is 1.32. The molecule has 0 saturated heterocycles. The van der Waals surface area contributed by atoms with Crippen LogP contribution in [0.2, 0.25) is 0 Å². The molecule has 0 amide bonds. The van der Waals surface area contributed by atoms with Crippen LogP contribution in [0.1, 0.15) is 17.2 Å². The van der Waals surface area contributed by atoms with E-state index >= 15 is 0 Å². The molecule has 1 atom stereocenters. The molecule has 0 spiro atoms. The van der Waals surface area contributed by atoms with Crippen LogP contribution in [0, 0.1) is 0 Å². The van der Waals surface area contributed by atoms with Gasteiger partial charge in [-0.25, -0.2) is 4.79 Å². The lowest BCUT2D eigenvalue weighted by molar-refractivity contribution is -0.139. The number of rotatable bonds is 1. The van der Waals surface area contributed by atoms with Gasteiger partial charge in [-0.1, -0.05) is 43.0 Å². The highest BCUT2D eigenvalue weighted by molar-refractivity contribution is 6.01. The Morgan fingerprint density at radius 2 is 1.94 bits per heavy atom. The number of hydrogen-bond acceptors (Lipinski definition) is 2. The minimum absolute atomic E-state index is 0.668. The normalized spacial score (nSPS) is 17.9. The van der Waals surface area contributed by atoms with E-state index in [1.165, 1.54) is 0 Å². The van der Waals surface area contributed by atoms with Crippen LogP contribution in [0.5, 0.6) is 0 Å². The molecule has 1 aliphatic heterocycles. The van der Waals surface area contributed by atoms with Crippen LogP contribution in [0.15, 0.2) is 43.0 Å². The molecule has 3 rings (SSSR count). The summed E-state index contributed by atoms with van der Waals surface area (Å²) in [7, 11) is 0. The zero-order valence-corrected chi connectivity index (χ0v) is 9.10. The average molecular weight is 225 g/mol. The molecule has 0 aromatic heterocycles. The van der Waals surface area contributed by atoms with Gasteiger partial charge in [-0.3, -0.25) is 0 Å². The lowest BCUT2D eigenvalue weighted by Gasteiger charge is -2.26. The van der Waals surface area contributed by atoms with Gasteiger partial charge >= 0.3 is 5.97 Å². The molecule has 0 saturated carbocycles. The van der Waals surface area contributed by atoms with Gasteiger partial charge in [0.05, 0.1) is 0 Å².